The second-order valence-electron chi connectivity index (χ2n) is 17.0. The van der Waals surface area contributed by atoms with Crippen LogP contribution in [0.3, 0.4) is 0 Å². The molecule has 0 aromatic carbocycles. The molecule has 236 valence electrons. The molecular weight excluding hydrogens is 546 g/mol. The molecule has 0 aromatic rings. The van der Waals surface area contributed by atoms with Crippen LogP contribution in [0.2, 0.25) is 33.3 Å². The Morgan fingerprint density at radius 2 is 1.52 bits per heavy atom. The van der Waals surface area contributed by atoms with Gasteiger partial charge in [0.15, 0.2) is 8.32 Å². The summed E-state index contributed by atoms with van der Waals surface area (Å²) in [5.74, 6) is 1.69. The fourth-order valence-electron chi connectivity index (χ4n) is 11.0. The van der Waals surface area contributed by atoms with Crippen molar-refractivity contribution in [2.75, 3.05) is 0 Å². The molecule has 3 saturated heterocycles. The van der Waals surface area contributed by atoms with Gasteiger partial charge < -0.3 is 27.8 Å². The van der Waals surface area contributed by atoms with Crippen molar-refractivity contribution in [3.05, 3.63) is 0 Å². The quantitative estimate of drug-likeness (QED) is 0.255. The minimum Gasteiger partial charge on any atom is -0.462 e. The van der Waals surface area contributed by atoms with Crippen LogP contribution in [0.15, 0.2) is 0 Å². The van der Waals surface area contributed by atoms with Crippen molar-refractivity contribution in [2.24, 2.45) is 46.3 Å². The van der Waals surface area contributed by atoms with Crippen molar-refractivity contribution in [3.8, 4) is 0 Å². The van der Waals surface area contributed by atoms with Crippen LogP contribution in [0.1, 0.15) is 80.1 Å². The van der Waals surface area contributed by atoms with E-state index in [0.717, 1.165) is 32.1 Å². The van der Waals surface area contributed by atoms with Crippen molar-refractivity contribution in [3.63, 3.8) is 0 Å². The van der Waals surface area contributed by atoms with Crippen molar-refractivity contribution in [2.45, 2.75) is 149 Å². The molecule has 7 nitrogen and oxygen atoms in total. The Bertz CT molecular complexity index is 1050. The first-order valence-electron chi connectivity index (χ1n) is 17.0. The summed E-state index contributed by atoms with van der Waals surface area (Å²) in [5.41, 5.74) is -0.288. The average Bonchev–Trinajstić information content (AvgIpc) is 3.53. The summed E-state index contributed by atoms with van der Waals surface area (Å²) in [7, 11) is -2.15. The summed E-state index contributed by atoms with van der Waals surface area (Å²) in [5, 5.41) is 0. The first-order chi connectivity index (χ1) is 19.4. The van der Waals surface area contributed by atoms with Gasteiger partial charge in [-0.2, -0.15) is 0 Å². The lowest BCUT2D eigenvalue weighted by molar-refractivity contribution is -0.220. The van der Waals surface area contributed by atoms with E-state index in [2.05, 4.69) is 61.2 Å². The summed E-state index contributed by atoms with van der Waals surface area (Å²) >= 11 is 0. The number of rotatable bonds is 6. The van der Waals surface area contributed by atoms with Crippen LogP contribution in [-0.2, 0) is 32.6 Å². The van der Waals surface area contributed by atoms with Crippen LogP contribution in [0.5, 0.6) is 0 Å². The Morgan fingerprint density at radius 1 is 0.905 bits per heavy atom. The van der Waals surface area contributed by atoms with E-state index in [0.29, 0.717) is 23.7 Å². The summed E-state index contributed by atoms with van der Waals surface area (Å²) in [4.78, 5) is 13.7. The van der Waals surface area contributed by atoms with Crippen molar-refractivity contribution in [1.82, 2.24) is 0 Å². The van der Waals surface area contributed by atoms with Crippen molar-refractivity contribution >= 4 is 28.5 Å². The van der Waals surface area contributed by atoms with E-state index < -0.39 is 8.32 Å². The molecule has 6 aliphatic rings. The van der Waals surface area contributed by atoms with Gasteiger partial charge in [-0.05, 0) is 108 Å². The number of hydrogen-bond donors (Lipinski definition) is 0. The molecule has 3 aliphatic heterocycles. The van der Waals surface area contributed by atoms with Crippen LogP contribution in [-0.4, -0.2) is 64.6 Å². The third-order valence-corrected chi connectivity index (χ3v) is 14.2. The lowest BCUT2D eigenvalue weighted by Crippen LogP contribution is -2.62. The molecule has 3 unspecified atom stereocenters. The van der Waals surface area contributed by atoms with Crippen molar-refractivity contribution < 1.29 is 32.6 Å². The van der Waals surface area contributed by atoms with Gasteiger partial charge in [-0.15, -0.1) is 0 Å². The van der Waals surface area contributed by atoms with Crippen LogP contribution >= 0.6 is 0 Å². The highest BCUT2D eigenvalue weighted by atomic mass is 28.4. The number of ether oxygens (including phenoxy) is 1. The highest BCUT2D eigenvalue weighted by molar-refractivity contribution is 6.69. The van der Waals surface area contributed by atoms with Gasteiger partial charge in [0.05, 0.1) is 35.9 Å². The van der Waals surface area contributed by atoms with Gasteiger partial charge >= 0.3 is 20.2 Å². The highest BCUT2D eigenvalue weighted by Gasteiger charge is 2.66. The Kier molecular flexibility index (Phi) is 7.96. The van der Waals surface area contributed by atoms with Gasteiger partial charge in [0, 0.05) is 17.8 Å². The van der Waals surface area contributed by atoms with Gasteiger partial charge in [0.1, 0.15) is 6.10 Å². The predicted molar refractivity (Wildman–Crippen MR) is 167 cm³/mol. The first-order valence-corrected chi connectivity index (χ1v) is 20.4. The number of carbonyl (C=O) groups excluding carboxylic acids is 1. The Labute approximate surface area is 256 Å². The van der Waals surface area contributed by atoms with E-state index in [9.17, 15) is 4.79 Å². The fourth-order valence-corrected chi connectivity index (χ4v) is 12.7. The Hall–Kier alpha value is -0.383. The molecule has 0 bridgehead atoms. The minimum atomic E-state index is -1.74. The maximum atomic E-state index is 13.7. The Morgan fingerprint density at radius 3 is 2.21 bits per heavy atom. The molecule has 10 heteroatoms. The summed E-state index contributed by atoms with van der Waals surface area (Å²) in [6.45, 7) is 24.8. The topological polar surface area (TPSA) is 72.5 Å². The van der Waals surface area contributed by atoms with Crippen LogP contribution in [0.4, 0.5) is 0 Å². The molecule has 42 heavy (non-hydrogen) atoms. The number of fused-ring (bicyclic) bond motifs is 6. The van der Waals surface area contributed by atoms with E-state index >= 15 is 0 Å². The largest absolute Gasteiger partial charge is 0.462 e. The number of hydrogen-bond acceptors (Lipinski definition) is 7. The smallest absolute Gasteiger partial charge is 0.454 e. The highest BCUT2D eigenvalue weighted by Crippen LogP contribution is 2.66. The molecule has 0 aromatic heterocycles. The van der Waals surface area contributed by atoms with Gasteiger partial charge in [0.2, 0.25) is 0 Å². The lowest BCUT2D eigenvalue weighted by Gasteiger charge is -2.60. The molecule has 3 heterocycles. The average molecular weight is 603 g/mol. The molecule has 0 radical (unpaired) electrons. The van der Waals surface area contributed by atoms with Crippen LogP contribution in [0, 0.1) is 46.3 Å². The summed E-state index contributed by atoms with van der Waals surface area (Å²) in [6, 6.07) is 0. The monoisotopic (exact) mass is 602 g/mol. The van der Waals surface area contributed by atoms with E-state index in [1.54, 1.807) is 0 Å². The third-order valence-electron chi connectivity index (χ3n) is 13.0. The van der Waals surface area contributed by atoms with Gasteiger partial charge in [-0.25, -0.2) is 0 Å². The van der Waals surface area contributed by atoms with E-state index in [1.807, 2.05) is 13.6 Å². The third kappa shape index (κ3) is 5.10. The summed E-state index contributed by atoms with van der Waals surface area (Å²) in [6.07, 6.45) is 6.24. The fraction of sp³-hybridized carbons (Fsp3) is 0.969. The molecule has 6 rings (SSSR count). The second-order valence-corrected chi connectivity index (χ2v) is 21.4. The normalized spacial score (nSPS) is 46.9. The Balaban J connectivity index is 1.21. The molecule has 3 aliphatic carbocycles. The molecule has 0 N–H and O–H groups in total. The minimum absolute atomic E-state index is 0.000899. The van der Waals surface area contributed by atoms with Crippen LogP contribution in [0.25, 0.3) is 0 Å². The molecule has 0 amide bonds. The number of esters is 1. The second kappa shape index (κ2) is 10.6. The maximum absolute atomic E-state index is 13.7. The number of carbonyl (C=O) groups is 1. The van der Waals surface area contributed by atoms with Gasteiger partial charge in [-0.3, -0.25) is 4.79 Å². The lowest BCUT2D eigenvalue weighted by atomic mass is 9.49. The van der Waals surface area contributed by atoms with Crippen LogP contribution < -0.4 is 0 Å². The zero-order valence-electron chi connectivity index (χ0n) is 28.1. The molecule has 13 atom stereocenters. The molecular formula is C32H56B2O7Si. The van der Waals surface area contributed by atoms with E-state index in [1.165, 1.54) is 6.42 Å². The standard InChI is InChI=1S/C32H56B2O7Si/c1-18(26-27(40-34(8)39-26)19(2)30(3,4)41-42(9,10)11)20-12-13-21-28-22(14-15-31(20,21)5)32(6)17-25-24(37-33(7)38-25)16-23(32)29(35)36-28/h18-28H,12-17H2,1-11H3/t18-,19+,20+,21?,22?,23+,24-,25+,26+,27+,28?,31+,32+/m0/s1. The SMILES string of the molecule is CB1O[C@H]([C@@H](C)[C@H]2CCC3C4OC(=O)[C@H]5C[C@@H]6OB(C)O[C@@H]6C[C@]5(C)C4CC[C@@]32C)[C@@H]([C@@H](C)C(C)(C)O[Si](C)(C)C)O1. The predicted octanol–water partition coefficient (Wildman–Crippen LogP) is 6.48. The first kappa shape index (κ1) is 31.6. The van der Waals surface area contributed by atoms with Crippen molar-refractivity contribution in [1.29, 1.82) is 0 Å². The molecule has 6 fully saturated rings. The molecule has 3 saturated carbocycles. The molecule has 0 spiro atoms. The van der Waals surface area contributed by atoms with E-state index in [-0.39, 0.29) is 79.0 Å². The van der Waals surface area contributed by atoms with Gasteiger partial charge in [0.25, 0.3) is 0 Å². The zero-order valence-corrected chi connectivity index (χ0v) is 29.1. The maximum Gasteiger partial charge on any atom is 0.454 e. The van der Waals surface area contributed by atoms with E-state index in [4.69, 9.17) is 27.8 Å². The zero-order chi connectivity index (χ0) is 30.6. The van der Waals surface area contributed by atoms with Gasteiger partial charge in [-0.1, -0.05) is 27.7 Å². The summed E-state index contributed by atoms with van der Waals surface area (Å²) < 4.78 is 38.5.